The zero-order chi connectivity index (χ0) is 11.4. The van der Waals surface area contributed by atoms with Crippen LogP contribution >= 0.6 is 11.3 Å². The van der Waals surface area contributed by atoms with E-state index in [1.54, 1.807) is 7.11 Å². The second-order valence-corrected chi connectivity index (χ2v) is 5.46. The highest BCUT2D eigenvalue weighted by Gasteiger charge is 2.17. The summed E-state index contributed by atoms with van der Waals surface area (Å²) in [6.45, 7) is 7.27. The Morgan fingerprint density at radius 1 is 1.47 bits per heavy atom. The van der Waals surface area contributed by atoms with Crippen molar-refractivity contribution in [2.24, 2.45) is 11.7 Å². The maximum Gasteiger partial charge on any atom is 0.0465 e. The Morgan fingerprint density at radius 2 is 2.13 bits per heavy atom. The Labute approximate surface area is 96.4 Å². The topological polar surface area (TPSA) is 35.2 Å². The van der Waals surface area contributed by atoms with Crippen LogP contribution in [0.1, 0.15) is 34.7 Å². The Hall–Kier alpha value is -0.380. The molecule has 0 bridgehead atoms. The van der Waals surface area contributed by atoms with E-state index in [0.29, 0.717) is 5.92 Å². The zero-order valence-corrected chi connectivity index (χ0v) is 10.9. The third kappa shape index (κ3) is 3.30. The predicted molar refractivity (Wildman–Crippen MR) is 66.4 cm³/mol. The Kier molecular flexibility index (Phi) is 4.77. The molecule has 86 valence electrons. The lowest BCUT2D eigenvalue weighted by atomic mass is 9.98. The SMILES string of the molecule is COCCC(C)C(N)c1cc(C)c(C)s1. The van der Waals surface area contributed by atoms with Crippen LogP contribution in [0, 0.1) is 19.8 Å². The summed E-state index contributed by atoms with van der Waals surface area (Å²) in [7, 11) is 1.73. The molecule has 0 saturated carbocycles. The summed E-state index contributed by atoms with van der Waals surface area (Å²) in [6, 6.07) is 2.37. The van der Waals surface area contributed by atoms with Crippen LogP contribution in [-0.2, 0) is 4.74 Å². The summed E-state index contributed by atoms with van der Waals surface area (Å²) < 4.78 is 5.08. The summed E-state index contributed by atoms with van der Waals surface area (Å²) in [4.78, 5) is 2.67. The molecule has 2 N–H and O–H groups in total. The minimum absolute atomic E-state index is 0.151. The predicted octanol–water partition coefficient (Wildman–Crippen LogP) is 3.04. The van der Waals surface area contributed by atoms with Crippen LogP contribution in [0.3, 0.4) is 0 Å². The fraction of sp³-hybridized carbons (Fsp3) is 0.667. The lowest BCUT2D eigenvalue weighted by molar-refractivity contribution is 0.175. The minimum Gasteiger partial charge on any atom is -0.385 e. The average molecular weight is 227 g/mol. The van der Waals surface area contributed by atoms with Crippen molar-refractivity contribution in [3.8, 4) is 0 Å². The number of aryl methyl sites for hydroxylation is 2. The van der Waals surface area contributed by atoms with Gasteiger partial charge in [-0.15, -0.1) is 11.3 Å². The molecule has 1 rings (SSSR count). The molecule has 1 heterocycles. The first-order valence-corrected chi connectivity index (χ1v) is 6.19. The summed E-state index contributed by atoms with van der Waals surface area (Å²) in [5.74, 6) is 0.474. The van der Waals surface area contributed by atoms with E-state index in [0.717, 1.165) is 13.0 Å². The third-order valence-corrected chi connectivity index (χ3v) is 4.16. The van der Waals surface area contributed by atoms with Gasteiger partial charge in [0, 0.05) is 29.5 Å². The molecule has 0 radical (unpaired) electrons. The molecular formula is C12H21NOS. The molecule has 0 saturated heterocycles. The van der Waals surface area contributed by atoms with Gasteiger partial charge in [0.25, 0.3) is 0 Å². The molecule has 0 aromatic carbocycles. The Bertz CT molecular complexity index is 289. The zero-order valence-electron chi connectivity index (χ0n) is 10.0. The molecular weight excluding hydrogens is 206 g/mol. The number of ether oxygens (including phenoxy) is 1. The maximum absolute atomic E-state index is 6.22. The minimum atomic E-state index is 0.151. The number of rotatable bonds is 5. The number of hydrogen-bond acceptors (Lipinski definition) is 3. The van der Waals surface area contributed by atoms with Crippen LogP contribution < -0.4 is 5.73 Å². The van der Waals surface area contributed by atoms with Gasteiger partial charge in [0.1, 0.15) is 0 Å². The van der Waals surface area contributed by atoms with Gasteiger partial charge in [0.15, 0.2) is 0 Å². The first kappa shape index (κ1) is 12.7. The standard InChI is InChI=1S/C12H21NOS/c1-8(5-6-14-4)12(13)11-7-9(2)10(3)15-11/h7-8,12H,5-6,13H2,1-4H3. The van der Waals surface area contributed by atoms with Crippen molar-refractivity contribution in [2.75, 3.05) is 13.7 Å². The highest BCUT2D eigenvalue weighted by molar-refractivity contribution is 7.12. The molecule has 0 fully saturated rings. The quantitative estimate of drug-likeness (QED) is 0.839. The van der Waals surface area contributed by atoms with Gasteiger partial charge in [-0.3, -0.25) is 0 Å². The fourth-order valence-corrected chi connectivity index (χ4v) is 2.71. The van der Waals surface area contributed by atoms with Gasteiger partial charge in [-0.2, -0.15) is 0 Å². The van der Waals surface area contributed by atoms with Crippen molar-refractivity contribution in [1.29, 1.82) is 0 Å². The molecule has 3 heteroatoms. The van der Waals surface area contributed by atoms with Crippen LogP contribution in [0.2, 0.25) is 0 Å². The van der Waals surface area contributed by atoms with E-state index in [-0.39, 0.29) is 6.04 Å². The van der Waals surface area contributed by atoms with E-state index < -0.39 is 0 Å². The monoisotopic (exact) mass is 227 g/mol. The van der Waals surface area contributed by atoms with E-state index in [4.69, 9.17) is 10.5 Å². The van der Waals surface area contributed by atoms with Gasteiger partial charge in [-0.25, -0.2) is 0 Å². The Balaban J connectivity index is 2.62. The molecule has 2 atom stereocenters. The van der Waals surface area contributed by atoms with E-state index in [1.165, 1.54) is 15.3 Å². The van der Waals surface area contributed by atoms with Gasteiger partial charge in [-0.05, 0) is 37.8 Å². The third-order valence-electron chi connectivity index (χ3n) is 2.90. The van der Waals surface area contributed by atoms with Gasteiger partial charge in [-0.1, -0.05) is 6.92 Å². The van der Waals surface area contributed by atoms with Crippen molar-refractivity contribution >= 4 is 11.3 Å². The largest absolute Gasteiger partial charge is 0.385 e. The van der Waals surface area contributed by atoms with Gasteiger partial charge in [0.05, 0.1) is 0 Å². The van der Waals surface area contributed by atoms with E-state index >= 15 is 0 Å². The molecule has 0 amide bonds. The molecule has 0 aliphatic heterocycles. The highest BCUT2D eigenvalue weighted by Crippen LogP contribution is 2.30. The second-order valence-electron chi connectivity index (χ2n) is 4.17. The lowest BCUT2D eigenvalue weighted by Crippen LogP contribution is -2.19. The summed E-state index contributed by atoms with van der Waals surface area (Å²) >= 11 is 1.82. The van der Waals surface area contributed by atoms with Crippen molar-refractivity contribution in [3.63, 3.8) is 0 Å². The molecule has 0 aliphatic rings. The first-order valence-electron chi connectivity index (χ1n) is 5.37. The van der Waals surface area contributed by atoms with Crippen molar-refractivity contribution in [1.82, 2.24) is 0 Å². The van der Waals surface area contributed by atoms with Crippen LogP contribution in [0.4, 0.5) is 0 Å². The van der Waals surface area contributed by atoms with E-state index in [1.807, 2.05) is 11.3 Å². The number of methoxy groups -OCH3 is 1. The number of nitrogens with two attached hydrogens (primary N) is 1. The molecule has 2 unspecified atom stereocenters. The molecule has 15 heavy (non-hydrogen) atoms. The van der Waals surface area contributed by atoms with Crippen molar-refractivity contribution in [3.05, 3.63) is 21.4 Å². The smallest absolute Gasteiger partial charge is 0.0465 e. The second kappa shape index (κ2) is 5.64. The Morgan fingerprint density at radius 3 is 2.60 bits per heavy atom. The van der Waals surface area contributed by atoms with Gasteiger partial charge in [0.2, 0.25) is 0 Å². The maximum atomic E-state index is 6.22. The average Bonchev–Trinajstić information content (AvgIpc) is 2.54. The van der Waals surface area contributed by atoms with Crippen LogP contribution in [0.15, 0.2) is 6.07 Å². The van der Waals surface area contributed by atoms with E-state index in [9.17, 15) is 0 Å². The molecule has 0 spiro atoms. The van der Waals surface area contributed by atoms with Crippen LogP contribution in [-0.4, -0.2) is 13.7 Å². The molecule has 2 nitrogen and oxygen atoms in total. The van der Waals surface area contributed by atoms with Crippen molar-refractivity contribution in [2.45, 2.75) is 33.2 Å². The summed E-state index contributed by atoms with van der Waals surface area (Å²) in [6.07, 6.45) is 1.02. The number of hydrogen-bond donors (Lipinski definition) is 1. The first-order chi connectivity index (χ1) is 7.06. The number of thiophene rings is 1. The highest BCUT2D eigenvalue weighted by atomic mass is 32.1. The summed E-state index contributed by atoms with van der Waals surface area (Å²) in [5, 5.41) is 0. The molecule has 0 aliphatic carbocycles. The van der Waals surface area contributed by atoms with Crippen LogP contribution in [0.5, 0.6) is 0 Å². The lowest BCUT2D eigenvalue weighted by Gasteiger charge is -2.18. The van der Waals surface area contributed by atoms with E-state index in [2.05, 4.69) is 26.8 Å². The van der Waals surface area contributed by atoms with Crippen LogP contribution in [0.25, 0.3) is 0 Å². The van der Waals surface area contributed by atoms with Crippen molar-refractivity contribution < 1.29 is 4.74 Å². The van der Waals surface area contributed by atoms with Gasteiger partial charge >= 0.3 is 0 Å². The molecule has 1 aromatic heterocycles. The normalized spacial score (nSPS) is 15.3. The van der Waals surface area contributed by atoms with Gasteiger partial charge < -0.3 is 10.5 Å². The fourth-order valence-electron chi connectivity index (χ4n) is 1.53. The molecule has 1 aromatic rings. The summed E-state index contributed by atoms with van der Waals surface area (Å²) in [5.41, 5.74) is 7.57.